The van der Waals surface area contributed by atoms with Gasteiger partial charge in [-0.05, 0) is 0 Å². The maximum atomic E-state index is 10.2. The SMILES string of the molecule is O.O=C([O-])COc1ccc(CC(O)[CH2][Hg])cc1.[Na+]. The Morgan fingerprint density at radius 1 is 1.39 bits per heavy atom. The van der Waals surface area contributed by atoms with Crippen molar-refractivity contribution >= 4 is 5.97 Å². The van der Waals surface area contributed by atoms with Crippen LogP contribution in [0.2, 0.25) is 3.93 Å². The van der Waals surface area contributed by atoms with Crippen molar-refractivity contribution in [1.29, 1.82) is 0 Å². The summed E-state index contributed by atoms with van der Waals surface area (Å²) < 4.78 is 5.84. The molecule has 1 aromatic carbocycles. The van der Waals surface area contributed by atoms with Crippen LogP contribution in [0.15, 0.2) is 24.3 Å². The van der Waals surface area contributed by atoms with Gasteiger partial charge in [-0.25, -0.2) is 0 Å². The number of aliphatic carboxylic acids is 1. The molecule has 0 spiro atoms. The van der Waals surface area contributed by atoms with Crippen molar-refractivity contribution in [1.82, 2.24) is 0 Å². The van der Waals surface area contributed by atoms with Crippen LogP contribution in [0.5, 0.6) is 5.75 Å². The van der Waals surface area contributed by atoms with Gasteiger partial charge in [0.25, 0.3) is 0 Å². The number of benzene rings is 1. The molecule has 0 amide bonds. The van der Waals surface area contributed by atoms with E-state index < -0.39 is 12.6 Å². The van der Waals surface area contributed by atoms with Gasteiger partial charge in [-0.1, -0.05) is 0 Å². The molecule has 3 N–H and O–H groups in total. The van der Waals surface area contributed by atoms with E-state index in [4.69, 9.17) is 4.74 Å². The third kappa shape index (κ3) is 8.45. The minimum absolute atomic E-state index is 0. The second kappa shape index (κ2) is 11.2. The zero-order valence-electron chi connectivity index (χ0n) is 10.4. The zero-order valence-corrected chi connectivity index (χ0v) is 17.9. The molecule has 1 aromatic rings. The van der Waals surface area contributed by atoms with E-state index >= 15 is 0 Å². The van der Waals surface area contributed by atoms with Crippen LogP contribution in [-0.4, -0.2) is 29.3 Å². The first-order valence-corrected chi connectivity index (χ1v) is 8.89. The summed E-state index contributed by atoms with van der Waals surface area (Å²) >= 11 is 0.610. The molecule has 7 heteroatoms. The fourth-order valence-electron chi connectivity index (χ4n) is 1.24. The normalized spacial score (nSPS) is 10.8. The van der Waals surface area contributed by atoms with E-state index in [-0.39, 0.29) is 41.1 Å². The third-order valence-corrected chi connectivity index (χ3v) is 4.68. The molecule has 0 aliphatic heterocycles. The first-order valence-electron chi connectivity index (χ1n) is 5.00. The molecule has 1 rings (SSSR count). The molecule has 18 heavy (non-hydrogen) atoms. The summed E-state index contributed by atoms with van der Waals surface area (Å²) in [6.45, 7) is -0.440. The van der Waals surface area contributed by atoms with Crippen LogP contribution >= 0.6 is 0 Å². The quantitative estimate of drug-likeness (QED) is 0.446. The van der Waals surface area contributed by atoms with Crippen LogP contribution in [0.1, 0.15) is 5.56 Å². The van der Waals surface area contributed by atoms with Gasteiger partial charge in [-0.15, -0.1) is 0 Å². The average molecular weight is 450 g/mol. The fourth-order valence-corrected chi connectivity index (χ4v) is 2.03. The predicted octanol–water partition coefficient (Wildman–Crippen LogP) is -4.14. The smallest absolute Gasteiger partial charge is 1.00 e. The Morgan fingerprint density at radius 3 is 2.39 bits per heavy atom. The van der Waals surface area contributed by atoms with Crippen molar-refractivity contribution in [3.63, 3.8) is 0 Å². The molecule has 0 saturated carbocycles. The number of aliphatic hydroxyl groups excluding tert-OH is 1. The first kappa shape index (κ1) is 20.7. The van der Waals surface area contributed by atoms with E-state index in [9.17, 15) is 15.0 Å². The summed E-state index contributed by atoms with van der Waals surface area (Å²) in [7, 11) is 0. The number of rotatable bonds is 6. The van der Waals surface area contributed by atoms with Crippen molar-refractivity contribution in [3.8, 4) is 5.75 Å². The van der Waals surface area contributed by atoms with Crippen molar-refractivity contribution in [2.45, 2.75) is 16.5 Å². The fraction of sp³-hybridized carbons (Fsp3) is 0.364. The molecule has 1 atom stereocenters. The van der Waals surface area contributed by atoms with E-state index in [1.165, 1.54) is 0 Å². The summed E-state index contributed by atoms with van der Waals surface area (Å²) in [5.41, 5.74) is 1.03. The Kier molecular flexibility index (Phi) is 12.8. The minimum atomic E-state index is -1.24. The van der Waals surface area contributed by atoms with Crippen LogP contribution in [0.25, 0.3) is 0 Å². The zero-order chi connectivity index (χ0) is 12.0. The first-order chi connectivity index (χ1) is 7.61. The molecular formula is C11H14HgNaO5. The number of hydrogen-bond acceptors (Lipinski definition) is 4. The van der Waals surface area contributed by atoms with Gasteiger partial charge in [0.1, 0.15) is 0 Å². The topological polar surface area (TPSA) is 101 Å². The molecule has 1 unspecified atom stereocenters. The molecule has 0 bridgehead atoms. The maximum absolute atomic E-state index is 10.2. The number of hydrogen-bond donors (Lipinski definition) is 1. The molecule has 0 aliphatic carbocycles. The van der Waals surface area contributed by atoms with Gasteiger partial charge in [0, 0.05) is 0 Å². The number of carboxylic acids is 1. The number of aliphatic hydroxyl groups is 1. The molecule has 0 saturated heterocycles. The van der Waals surface area contributed by atoms with E-state index in [1.54, 1.807) is 12.1 Å². The van der Waals surface area contributed by atoms with Crippen molar-refractivity contribution in [2.24, 2.45) is 0 Å². The Morgan fingerprint density at radius 2 is 1.94 bits per heavy atom. The van der Waals surface area contributed by atoms with Gasteiger partial charge in [0.05, 0.1) is 0 Å². The second-order valence-electron chi connectivity index (χ2n) is 3.45. The second-order valence-corrected chi connectivity index (χ2v) is 5.70. The standard InChI is InChI=1S/C11H13O4.Hg.Na.H2O/c1-8(12)6-9-2-4-10(5-3-9)15-7-11(13)14;;;/h2-5,8,12H,1,6-7H2,(H,13,14);;;1H2/q;;+1;/p-1. The third-order valence-electron chi connectivity index (χ3n) is 2.08. The van der Waals surface area contributed by atoms with Crippen LogP contribution in [0.3, 0.4) is 0 Å². The molecule has 0 heterocycles. The Labute approximate surface area is 144 Å². The molecule has 0 radical (unpaired) electrons. The van der Waals surface area contributed by atoms with Crippen molar-refractivity contribution in [2.75, 3.05) is 6.61 Å². The van der Waals surface area contributed by atoms with Crippen molar-refractivity contribution in [3.05, 3.63) is 29.8 Å². The van der Waals surface area contributed by atoms with E-state index in [0.29, 0.717) is 38.3 Å². The number of carboxylic acid groups (broad SMARTS) is 1. The van der Waals surface area contributed by atoms with E-state index in [0.717, 1.165) is 9.49 Å². The molecule has 0 aliphatic rings. The molecule has 5 nitrogen and oxygen atoms in total. The van der Waals surface area contributed by atoms with Crippen LogP contribution in [0.4, 0.5) is 0 Å². The van der Waals surface area contributed by atoms with Gasteiger partial charge < -0.3 is 5.48 Å². The molecule has 0 fully saturated rings. The number of carbonyl (C=O) groups is 1. The molecular weight excluding hydrogens is 436 g/mol. The average Bonchev–Trinajstić information content (AvgIpc) is 2.28. The van der Waals surface area contributed by atoms with E-state index in [1.807, 2.05) is 12.1 Å². The Bertz CT molecular complexity index is 344. The molecule has 91 valence electrons. The van der Waals surface area contributed by atoms with Gasteiger partial charge in [-0.3, -0.25) is 0 Å². The monoisotopic (exact) mass is 451 g/mol. The Balaban J connectivity index is 0. The van der Waals surface area contributed by atoms with Gasteiger partial charge >= 0.3 is 140 Å². The summed E-state index contributed by atoms with van der Waals surface area (Å²) in [6.07, 6.45) is 0.392. The molecule has 0 aromatic heterocycles. The van der Waals surface area contributed by atoms with Crippen LogP contribution < -0.4 is 39.4 Å². The van der Waals surface area contributed by atoms with Gasteiger partial charge in [0.2, 0.25) is 0 Å². The van der Waals surface area contributed by atoms with Gasteiger partial charge in [-0.2, -0.15) is 0 Å². The predicted molar refractivity (Wildman–Crippen MR) is 55.1 cm³/mol. The summed E-state index contributed by atoms with van der Waals surface area (Å²) in [5, 5.41) is 19.6. The minimum Gasteiger partial charge on any atom is 1.00 e. The van der Waals surface area contributed by atoms with Crippen molar-refractivity contribution < 1.29 is 80.9 Å². The number of ether oxygens (including phenoxy) is 1. The Hall–Kier alpha value is 0.345. The summed E-state index contributed by atoms with van der Waals surface area (Å²) in [5.74, 6) is -0.741. The van der Waals surface area contributed by atoms with Gasteiger partial charge in [0.15, 0.2) is 0 Å². The summed E-state index contributed by atoms with van der Waals surface area (Å²) in [4.78, 5) is 10.2. The van der Waals surface area contributed by atoms with E-state index in [2.05, 4.69) is 0 Å². The van der Waals surface area contributed by atoms with Crippen LogP contribution in [-0.2, 0) is 37.3 Å². The largest absolute Gasteiger partial charge is 1.00 e. The summed E-state index contributed by atoms with van der Waals surface area (Å²) in [6, 6.07) is 7.06. The number of carbonyl (C=O) groups excluding carboxylic acids is 1. The maximum Gasteiger partial charge on any atom is 1.00 e. The van der Waals surface area contributed by atoms with Crippen LogP contribution in [0, 0.1) is 0 Å².